The zero-order valence-electron chi connectivity index (χ0n) is 21.1. The van der Waals surface area contributed by atoms with Crippen LogP contribution in [0.2, 0.25) is 0 Å². The van der Waals surface area contributed by atoms with Crippen molar-refractivity contribution >= 4 is 17.9 Å². The Morgan fingerprint density at radius 3 is 2.11 bits per heavy atom. The topological polar surface area (TPSA) is 154 Å². The van der Waals surface area contributed by atoms with Crippen LogP contribution in [0.25, 0.3) is 5.82 Å². The molecule has 1 unspecified atom stereocenters. The van der Waals surface area contributed by atoms with E-state index in [4.69, 9.17) is 18.9 Å². The lowest BCUT2D eigenvalue weighted by molar-refractivity contribution is -0.173. The third-order valence-corrected chi connectivity index (χ3v) is 5.34. The second-order valence-electron chi connectivity index (χ2n) is 9.28. The highest BCUT2D eigenvalue weighted by atomic mass is 16.7. The molecule has 0 N–H and O–H groups in total. The molecule has 0 radical (unpaired) electrons. The Morgan fingerprint density at radius 1 is 0.972 bits per heavy atom. The van der Waals surface area contributed by atoms with Gasteiger partial charge < -0.3 is 18.9 Å². The smallest absolute Gasteiger partial charge is 0.351 e. The monoisotopic (exact) mass is 505 g/mol. The van der Waals surface area contributed by atoms with Gasteiger partial charge in [0.1, 0.15) is 25.4 Å². The number of hydrogen-bond donors (Lipinski definition) is 0. The summed E-state index contributed by atoms with van der Waals surface area (Å²) < 4.78 is 25.1. The number of hydrogen-bond acceptors (Lipinski definition) is 11. The van der Waals surface area contributed by atoms with Gasteiger partial charge in [0.2, 0.25) is 0 Å². The molecule has 196 valence electrons. The summed E-state index contributed by atoms with van der Waals surface area (Å²) in [7, 11) is 0. The summed E-state index contributed by atoms with van der Waals surface area (Å²) in [6.07, 6.45) is -0.483. The SMILES string of the molecule is CC(C)C(=O)OC[C@H]1OC(n2ccc(-n3cncn3)nc2=O)[C@H](OC(=O)C(C)C)[C@@H]1OC(=O)C(C)C. The van der Waals surface area contributed by atoms with Gasteiger partial charge >= 0.3 is 23.6 Å². The molecule has 1 aliphatic rings. The van der Waals surface area contributed by atoms with Gasteiger partial charge in [-0.15, -0.1) is 0 Å². The summed E-state index contributed by atoms with van der Waals surface area (Å²) in [6.45, 7) is 9.65. The third-order valence-electron chi connectivity index (χ3n) is 5.34. The first-order valence-electron chi connectivity index (χ1n) is 11.7. The molecule has 2 aromatic heterocycles. The van der Waals surface area contributed by atoms with Crippen molar-refractivity contribution in [1.82, 2.24) is 24.3 Å². The van der Waals surface area contributed by atoms with Crippen LogP contribution in [0.5, 0.6) is 0 Å². The van der Waals surface area contributed by atoms with Gasteiger partial charge in [0.05, 0.1) is 17.8 Å². The van der Waals surface area contributed by atoms with Gasteiger partial charge in [-0.25, -0.2) is 14.5 Å². The van der Waals surface area contributed by atoms with Gasteiger partial charge in [-0.05, 0) is 6.07 Å². The molecule has 4 atom stereocenters. The highest BCUT2D eigenvalue weighted by Gasteiger charge is 2.51. The first-order chi connectivity index (χ1) is 17.0. The van der Waals surface area contributed by atoms with Gasteiger partial charge in [-0.3, -0.25) is 19.0 Å². The van der Waals surface area contributed by atoms with Crippen molar-refractivity contribution in [3.05, 3.63) is 35.4 Å². The fraction of sp³-hybridized carbons (Fsp3) is 0.609. The summed E-state index contributed by atoms with van der Waals surface area (Å²) in [6, 6.07) is 1.50. The zero-order valence-corrected chi connectivity index (χ0v) is 21.1. The minimum atomic E-state index is -1.21. The van der Waals surface area contributed by atoms with Crippen molar-refractivity contribution < 1.29 is 33.3 Å². The van der Waals surface area contributed by atoms with E-state index in [1.54, 1.807) is 41.5 Å². The maximum Gasteiger partial charge on any atom is 0.351 e. The Morgan fingerprint density at radius 2 is 1.58 bits per heavy atom. The van der Waals surface area contributed by atoms with Crippen molar-refractivity contribution in [2.75, 3.05) is 6.61 Å². The van der Waals surface area contributed by atoms with E-state index in [2.05, 4.69) is 15.1 Å². The van der Waals surface area contributed by atoms with Crippen LogP contribution in [0, 0.1) is 17.8 Å². The maximum absolute atomic E-state index is 13.0. The number of carbonyl (C=O) groups excluding carboxylic acids is 3. The van der Waals surface area contributed by atoms with Crippen molar-refractivity contribution in [3.63, 3.8) is 0 Å². The molecular formula is C23H31N5O8. The van der Waals surface area contributed by atoms with Crippen LogP contribution in [-0.2, 0) is 33.3 Å². The minimum absolute atomic E-state index is 0.215. The Hall–Kier alpha value is -3.61. The number of esters is 3. The van der Waals surface area contributed by atoms with Crippen molar-refractivity contribution in [2.45, 2.75) is 66.1 Å². The molecule has 0 amide bonds. The van der Waals surface area contributed by atoms with Crippen LogP contribution >= 0.6 is 0 Å². The highest BCUT2D eigenvalue weighted by molar-refractivity contribution is 5.73. The molecule has 13 heteroatoms. The molecule has 0 aromatic carbocycles. The van der Waals surface area contributed by atoms with Crippen LogP contribution in [0.3, 0.4) is 0 Å². The van der Waals surface area contributed by atoms with Crippen molar-refractivity contribution in [2.24, 2.45) is 17.8 Å². The van der Waals surface area contributed by atoms with E-state index in [-0.39, 0.29) is 12.4 Å². The Kier molecular flexibility index (Phi) is 8.56. The van der Waals surface area contributed by atoms with E-state index in [9.17, 15) is 19.2 Å². The van der Waals surface area contributed by atoms with E-state index >= 15 is 0 Å². The van der Waals surface area contributed by atoms with Gasteiger partial charge in [-0.1, -0.05) is 41.5 Å². The van der Waals surface area contributed by atoms with Crippen LogP contribution in [0.4, 0.5) is 0 Å². The molecule has 1 fully saturated rings. The number of nitrogens with zero attached hydrogens (tertiary/aromatic N) is 5. The van der Waals surface area contributed by atoms with E-state index in [0.29, 0.717) is 0 Å². The minimum Gasteiger partial charge on any atom is -0.463 e. The van der Waals surface area contributed by atoms with Crippen molar-refractivity contribution in [3.8, 4) is 5.82 Å². The van der Waals surface area contributed by atoms with E-state index in [0.717, 1.165) is 4.57 Å². The van der Waals surface area contributed by atoms with E-state index in [1.165, 1.54) is 29.6 Å². The summed E-state index contributed by atoms with van der Waals surface area (Å²) in [5.74, 6) is -2.81. The molecule has 0 saturated carbocycles. The number of rotatable bonds is 9. The molecule has 0 bridgehead atoms. The van der Waals surface area contributed by atoms with Gasteiger partial charge in [0, 0.05) is 6.20 Å². The van der Waals surface area contributed by atoms with Crippen LogP contribution in [0.15, 0.2) is 29.7 Å². The van der Waals surface area contributed by atoms with Gasteiger partial charge in [-0.2, -0.15) is 10.1 Å². The predicted molar refractivity (Wildman–Crippen MR) is 123 cm³/mol. The molecule has 2 aromatic rings. The van der Waals surface area contributed by atoms with Crippen LogP contribution < -0.4 is 5.69 Å². The Balaban J connectivity index is 1.99. The standard InChI is InChI=1S/C23H31N5O8/c1-12(2)20(29)33-9-15-17(35-21(30)13(3)4)18(36-22(31)14(5)6)19(34-15)27-8-7-16(26-23(27)32)28-11-24-10-25-28/h7-8,10-15,17-19H,9H2,1-6H3/t15-,17-,18-,19?/m1/s1. The fourth-order valence-electron chi connectivity index (χ4n) is 3.26. The molecule has 1 aliphatic heterocycles. The maximum atomic E-state index is 13.0. The highest BCUT2D eigenvalue weighted by Crippen LogP contribution is 2.34. The fourth-order valence-corrected chi connectivity index (χ4v) is 3.26. The molecule has 0 spiro atoms. The first-order valence-corrected chi connectivity index (χ1v) is 11.7. The largest absolute Gasteiger partial charge is 0.463 e. The Bertz CT molecular complexity index is 1130. The van der Waals surface area contributed by atoms with E-state index < -0.39 is 65.9 Å². The van der Waals surface area contributed by atoms with Gasteiger partial charge in [0.25, 0.3) is 0 Å². The molecule has 3 rings (SSSR count). The summed E-state index contributed by atoms with van der Waals surface area (Å²) in [5.41, 5.74) is -0.729. The quantitative estimate of drug-likeness (QED) is 0.355. The molecule has 3 heterocycles. The number of carbonyl (C=O) groups is 3. The van der Waals surface area contributed by atoms with E-state index in [1.807, 2.05) is 0 Å². The average Bonchev–Trinajstić information content (AvgIpc) is 3.46. The number of ether oxygens (including phenoxy) is 4. The first kappa shape index (κ1) is 27.0. The lowest BCUT2D eigenvalue weighted by Crippen LogP contribution is -2.43. The lowest BCUT2D eigenvalue weighted by Gasteiger charge is -2.26. The molecule has 36 heavy (non-hydrogen) atoms. The summed E-state index contributed by atoms with van der Waals surface area (Å²) in [4.78, 5) is 58.0. The molecule has 13 nitrogen and oxygen atoms in total. The Labute approximate surface area is 207 Å². The van der Waals surface area contributed by atoms with Gasteiger partial charge in [0.15, 0.2) is 24.3 Å². The second kappa shape index (κ2) is 11.4. The normalized spacial score (nSPS) is 21.7. The molecular weight excluding hydrogens is 474 g/mol. The summed E-state index contributed by atoms with van der Waals surface area (Å²) in [5, 5.41) is 3.95. The second-order valence-corrected chi connectivity index (χ2v) is 9.28. The van der Waals surface area contributed by atoms with Crippen molar-refractivity contribution in [1.29, 1.82) is 0 Å². The predicted octanol–water partition coefficient (Wildman–Crippen LogP) is 1.06. The average molecular weight is 506 g/mol. The molecule has 1 saturated heterocycles. The number of aromatic nitrogens is 5. The van der Waals surface area contributed by atoms with Crippen LogP contribution in [0.1, 0.15) is 47.8 Å². The van der Waals surface area contributed by atoms with Crippen LogP contribution in [-0.4, -0.2) is 67.1 Å². The molecule has 0 aliphatic carbocycles. The third kappa shape index (κ3) is 6.14. The lowest BCUT2D eigenvalue weighted by atomic mass is 10.1. The summed E-state index contributed by atoms with van der Waals surface area (Å²) >= 11 is 0. The zero-order chi connectivity index (χ0) is 26.6.